The third-order valence-corrected chi connectivity index (χ3v) is 11.6. The fourth-order valence-corrected chi connectivity index (χ4v) is 7.58. The highest BCUT2D eigenvalue weighted by molar-refractivity contribution is 7.42. The van der Waals surface area contributed by atoms with Gasteiger partial charge in [-0.25, -0.2) is 15.0 Å². The van der Waals surface area contributed by atoms with Crippen molar-refractivity contribution in [3.63, 3.8) is 0 Å². The van der Waals surface area contributed by atoms with E-state index in [9.17, 15) is 0 Å². The van der Waals surface area contributed by atoms with Crippen LogP contribution in [-0.2, 0) is 10.8 Å². The van der Waals surface area contributed by atoms with E-state index in [-0.39, 0.29) is 16.2 Å². The number of hydrogen-bond donors (Lipinski definition) is 0. The number of allylic oxidation sites excluding steroid dienone is 6. The van der Waals surface area contributed by atoms with Crippen molar-refractivity contribution >= 4 is 28.3 Å². The van der Waals surface area contributed by atoms with Crippen LogP contribution in [0.2, 0.25) is 0 Å². The third-order valence-electron chi connectivity index (χ3n) is 9.58. The molecule has 3 aliphatic rings. The van der Waals surface area contributed by atoms with E-state index in [0.717, 1.165) is 63.5 Å². The van der Waals surface area contributed by atoms with E-state index in [2.05, 4.69) is 108 Å². The van der Waals surface area contributed by atoms with Crippen molar-refractivity contribution in [2.24, 2.45) is 5.41 Å². The molecule has 0 N–H and O–H groups in total. The molecule has 3 aromatic rings. The molecule has 2 unspecified atom stereocenters. The van der Waals surface area contributed by atoms with Gasteiger partial charge in [0.2, 0.25) is 0 Å². The van der Waals surface area contributed by atoms with Gasteiger partial charge in [-0.3, -0.25) is 4.98 Å². The summed E-state index contributed by atoms with van der Waals surface area (Å²) in [5.41, 5.74) is 8.45. The molecule has 0 bridgehead atoms. The molecule has 1 aromatic carbocycles. The highest BCUT2D eigenvalue weighted by atomic mass is 31.1. The molecule has 4 nitrogen and oxygen atoms in total. The summed E-state index contributed by atoms with van der Waals surface area (Å²) in [6.07, 6.45) is 12.5. The van der Waals surface area contributed by atoms with Crippen LogP contribution in [0.4, 0.5) is 0 Å². The van der Waals surface area contributed by atoms with Crippen LogP contribution in [0.3, 0.4) is 0 Å². The lowest BCUT2D eigenvalue weighted by Gasteiger charge is -2.44. The molecule has 6 rings (SSSR count). The second-order valence-electron chi connectivity index (χ2n) is 12.2. The van der Waals surface area contributed by atoms with Gasteiger partial charge >= 0.3 is 0 Å². The molecule has 0 fully saturated rings. The van der Waals surface area contributed by atoms with Crippen molar-refractivity contribution in [1.82, 2.24) is 19.9 Å². The second kappa shape index (κ2) is 9.69. The first-order chi connectivity index (χ1) is 18.6. The van der Waals surface area contributed by atoms with Gasteiger partial charge in [-0.15, -0.1) is 0 Å². The monoisotopic (exact) mass is 550 g/mol. The number of benzene rings is 1. The Bertz CT molecular complexity index is 1570. The lowest BCUT2D eigenvalue weighted by atomic mass is 9.59. The van der Waals surface area contributed by atoms with Crippen LogP contribution in [0.15, 0.2) is 72.5 Å². The van der Waals surface area contributed by atoms with Crippen LogP contribution < -0.4 is 0 Å². The number of fused-ring (bicyclic) bond motifs is 1. The van der Waals surface area contributed by atoms with Crippen molar-refractivity contribution in [3.05, 3.63) is 95.2 Å². The maximum atomic E-state index is 4.91. The molecule has 4 heterocycles. The fraction of sp³-hybridized carbons (Fsp3) is 0.333. The topological polar surface area (TPSA) is 51.6 Å². The van der Waals surface area contributed by atoms with Crippen LogP contribution in [-0.4, -0.2) is 32.3 Å². The van der Waals surface area contributed by atoms with E-state index in [1.54, 1.807) is 0 Å². The predicted octanol–water partition coefficient (Wildman–Crippen LogP) is 8.37. The minimum atomic E-state index is 0.0614. The Morgan fingerprint density at radius 3 is 2.21 bits per heavy atom. The maximum absolute atomic E-state index is 4.91. The highest BCUT2D eigenvalue weighted by Crippen LogP contribution is 2.61. The molecule has 198 valence electrons. The molecule has 2 atom stereocenters. The van der Waals surface area contributed by atoms with Gasteiger partial charge in [0.05, 0.1) is 5.69 Å². The average Bonchev–Trinajstić information content (AvgIpc) is 3.07. The highest BCUT2D eigenvalue weighted by Gasteiger charge is 2.56. The zero-order valence-corrected chi connectivity index (χ0v) is 25.6. The minimum Gasteiger partial charge on any atom is -0.255 e. The summed E-state index contributed by atoms with van der Waals surface area (Å²) in [5, 5.41) is 0. The zero-order chi connectivity index (χ0) is 27.4. The van der Waals surface area contributed by atoms with E-state index in [4.69, 9.17) is 19.9 Å². The molecule has 0 saturated heterocycles. The van der Waals surface area contributed by atoms with Gasteiger partial charge in [-0.05, 0) is 57.9 Å². The smallest absolute Gasteiger partial charge is 0.165 e. The first-order valence-corrected chi connectivity index (χ1v) is 16.2. The van der Waals surface area contributed by atoms with Gasteiger partial charge in [0.1, 0.15) is 0 Å². The molecule has 0 spiro atoms. The third kappa shape index (κ3) is 4.37. The normalized spacial score (nSPS) is 21.6. The standard InChI is InChI=1S/C33H36N4P2/c1-31(2)25-13-11-21(17-26(25)32(3,4)33(31,5)6)27-14-12-22(18-34-27)28-35-29(23-9-7-15-38-19-23)37-30(36-28)24-10-8-16-39-20-24/h7-15,17-18,20,38-39H,16,19H2,1-6H3. The van der Waals surface area contributed by atoms with Crippen LogP contribution in [0.5, 0.6) is 0 Å². The van der Waals surface area contributed by atoms with Gasteiger partial charge in [-0.1, -0.05) is 107 Å². The Hall–Kier alpha value is -2.80. The number of hydrogen-bond acceptors (Lipinski definition) is 4. The van der Waals surface area contributed by atoms with E-state index < -0.39 is 0 Å². The number of nitrogens with zero attached hydrogens (tertiary/aromatic N) is 4. The summed E-state index contributed by atoms with van der Waals surface area (Å²) in [6, 6.07) is 11.1. The van der Waals surface area contributed by atoms with Gasteiger partial charge < -0.3 is 0 Å². The Morgan fingerprint density at radius 1 is 0.769 bits per heavy atom. The van der Waals surface area contributed by atoms with Gasteiger partial charge in [0.25, 0.3) is 0 Å². The molecule has 1 aliphatic carbocycles. The summed E-state index contributed by atoms with van der Waals surface area (Å²) in [4.78, 5) is 19.6. The summed E-state index contributed by atoms with van der Waals surface area (Å²) >= 11 is 0. The van der Waals surface area contributed by atoms with Crippen LogP contribution in [0, 0.1) is 5.41 Å². The van der Waals surface area contributed by atoms with Crippen LogP contribution in [0.25, 0.3) is 33.8 Å². The van der Waals surface area contributed by atoms with Gasteiger partial charge in [-0.2, -0.15) is 0 Å². The molecule has 2 aromatic heterocycles. The van der Waals surface area contributed by atoms with E-state index >= 15 is 0 Å². The summed E-state index contributed by atoms with van der Waals surface area (Å²) in [5.74, 6) is 6.65. The quantitative estimate of drug-likeness (QED) is 0.306. The number of rotatable bonds is 4. The lowest BCUT2D eigenvalue weighted by Crippen LogP contribution is -2.42. The SMILES string of the molecule is CC1(C)c2ccc(-c3ccc(-c4nc(C5=CPCC=C5)nc(C5=CC=CPC5)n4)cn3)cc2C(C)(C)C1(C)C. The molecule has 39 heavy (non-hydrogen) atoms. The number of pyridine rings is 1. The molecular formula is C33H36N4P2. The summed E-state index contributed by atoms with van der Waals surface area (Å²) < 4.78 is 0. The summed E-state index contributed by atoms with van der Waals surface area (Å²) in [6.45, 7) is 14.3. The Balaban J connectivity index is 1.38. The van der Waals surface area contributed by atoms with Crippen molar-refractivity contribution in [3.8, 4) is 22.6 Å². The molecule has 0 amide bonds. The van der Waals surface area contributed by atoms with Crippen LogP contribution >= 0.6 is 17.2 Å². The molecule has 0 radical (unpaired) electrons. The van der Waals surface area contributed by atoms with Gasteiger partial charge in [0.15, 0.2) is 17.5 Å². The largest absolute Gasteiger partial charge is 0.255 e. The van der Waals surface area contributed by atoms with Crippen molar-refractivity contribution in [2.45, 2.75) is 52.4 Å². The molecule has 6 heteroatoms. The zero-order valence-electron chi connectivity index (χ0n) is 23.6. The van der Waals surface area contributed by atoms with Gasteiger partial charge in [0, 0.05) is 28.5 Å². The number of aromatic nitrogens is 4. The predicted molar refractivity (Wildman–Crippen MR) is 169 cm³/mol. The molecule has 0 saturated carbocycles. The fourth-order valence-electron chi connectivity index (χ4n) is 5.92. The lowest BCUT2D eigenvalue weighted by molar-refractivity contribution is 0.125. The summed E-state index contributed by atoms with van der Waals surface area (Å²) in [7, 11) is 1.52. The van der Waals surface area contributed by atoms with Crippen molar-refractivity contribution in [1.29, 1.82) is 0 Å². The second-order valence-corrected chi connectivity index (χ2v) is 14.4. The first-order valence-electron chi connectivity index (χ1n) is 13.7. The molecular weight excluding hydrogens is 514 g/mol. The van der Waals surface area contributed by atoms with Crippen LogP contribution in [0.1, 0.15) is 64.3 Å². The Morgan fingerprint density at radius 2 is 1.51 bits per heavy atom. The Kier molecular flexibility index (Phi) is 6.56. The van der Waals surface area contributed by atoms with Crippen molar-refractivity contribution < 1.29 is 0 Å². The molecule has 2 aliphatic heterocycles. The van der Waals surface area contributed by atoms with E-state index in [1.165, 1.54) is 16.7 Å². The Labute approximate surface area is 235 Å². The van der Waals surface area contributed by atoms with Crippen molar-refractivity contribution in [2.75, 3.05) is 12.3 Å². The van der Waals surface area contributed by atoms with E-state index in [1.807, 2.05) is 6.20 Å². The average molecular weight is 551 g/mol. The maximum Gasteiger partial charge on any atom is 0.165 e. The minimum absolute atomic E-state index is 0.0614. The van der Waals surface area contributed by atoms with E-state index in [0.29, 0.717) is 5.82 Å². The first kappa shape index (κ1) is 26.4.